The molecular weight excluding hydrogens is 246 g/mol. The normalized spacial score (nSPS) is 10.2. The number of nitrogens with two attached hydrogens (primary N) is 1. The molecule has 3 nitrogen and oxygen atoms in total. The van der Waals surface area contributed by atoms with Gasteiger partial charge in [0, 0.05) is 16.8 Å². The Hall–Kier alpha value is -2.99. The molecule has 0 aliphatic carbocycles. The van der Waals surface area contributed by atoms with E-state index in [9.17, 15) is 0 Å². The summed E-state index contributed by atoms with van der Waals surface area (Å²) in [4.78, 5) is 0. The van der Waals surface area contributed by atoms with Crippen LogP contribution in [0.4, 0.5) is 17.1 Å². The molecule has 0 amide bonds. The Morgan fingerprint density at radius 2 is 1.75 bits per heavy atom. The molecule has 0 saturated heterocycles. The summed E-state index contributed by atoms with van der Waals surface area (Å²) >= 11 is 0. The lowest BCUT2D eigenvalue weighted by atomic mass is 10.1. The Balaban J connectivity index is 2.02. The van der Waals surface area contributed by atoms with Crippen molar-refractivity contribution in [3.63, 3.8) is 0 Å². The topological polar surface area (TPSA) is 61.8 Å². The number of fused-ring (bicyclic) bond motifs is 1. The molecule has 3 aromatic rings. The molecule has 0 radical (unpaired) electrons. The fourth-order valence-corrected chi connectivity index (χ4v) is 2.23. The average molecular weight is 259 g/mol. The number of benzene rings is 3. The predicted molar refractivity (Wildman–Crippen MR) is 82.8 cm³/mol. The Labute approximate surface area is 117 Å². The Kier molecular flexibility index (Phi) is 2.98. The van der Waals surface area contributed by atoms with Gasteiger partial charge in [0.1, 0.15) is 6.07 Å². The van der Waals surface area contributed by atoms with Gasteiger partial charge in [-0.2, -0.15) is 5.26 Å². The summed E-state index contributed by atoms with van der Waals surface area (Å²) in [7, 11) is 0. The highest BCUT2D eigenvalue weighted by Crippen LogP contribution is 2.27. The molecule has 3 rings (SSSR count). The fourth-order valence-electron chi connectivity index (χ4n) is 2.23. The van der Waals surface area contributed by atoms with Crippen LogP contribution < -0.4 is 11.1 Å². The summed E-state index contributed by atoms with van der Waals surface area (Å²) in [5, 5.41) is 14.6. The molecule has 0 spiro atoms. The van der Waals surface area contributed by atoms with Crippen LogP contribution in [0.1, 0.15) is 5.56 Å². The van der Waals surface area contributed by atoms with Crippen molar-refractivity contribution in [3.05, 3.63) is 66.2 Å². The third-order valence-electron chi connectivity index (χ3n) is 3.24. The number of hydrogen-bond donors (Lipinski definition) is 2. The van der Waals surface area contributed by atoms with Crippen LogP contribution in [0.2, 0.25) is 0 Å². The van der Waals surface area contributed by atoms with E-state index in [2.05, 4.69) is 29.6 Å². The van der Waals surface area contributed by atoms with E-state index in [-0.39, 0.29) is 0 Å². The van der Waals surface area contributed by atoms with Crippen LogP contribution >= 0.6 is 0 Å². The SMILES string of the molecule is N#Cc1ccc(Nc2cccc3ccccc23)cc1N. The van der Waals surface area contributed by atoms with Crippen molar-refractivity contribution in [3.8, 4) is 6.07 Å². The molecule has 0 bridgehead atoms. The van der Waals surface area contributed by atoms with Gasteiger partial charge >= 0.3 is 0 Å². The van der Waals surface area contributed by atoms with Crippen LogP contribution in [-0.2, 0) is 0 Å². The molecule has 0 heterocycles. The quantitative estimate of drug-likeness (QED) is 0.683. The van der Waals surface area contributed by atoms with Crippen LogP contribution in [0, 0.1) is 11.3 Å². The average Bonchev–Trinajstić information content (AvgIpc) is 2.48. The van der Waals surface area contributed by atoms with E-state index >= 15 is 0 Å². The van der Waals surface area contributed by atoms with Crippen LogP contribution in [-0.4, -0.2) is 0 Å². The highest BCUT2D eigenvalue weighted by atomic mass is 14.9. The lowest BCUT2D eigenvalue weighted by Gasteiger charge is -2.10. The summed E-state index contributed by atoms with van der Waals surface area (Å²) in [6.07, 6.45) is 0. The lowest BCUT2D eigenvalue weighted by Crippen LogP contribution is -1.95. The maximum Gasteiger partial charge on any atom is 0.101 e. The van der Waals surface area contributed by atoms with E-state index in [1.807, 2.05) is 30.3 Å². The van der Waals surface area contributed by atoms with Gasteiger partial charge in [-0.3, -0.25) is 0 Å². The van der Waals surface area contributed by atoms with Crippen molar-refractivity contribution in [2.24, 2.45) is 0 Å². The summed E-state index contributed by atoms with van der Waals surface area (Å²) in [6, 6.07) is 21.7. The van der Waals surface area contributed by atoms with Gasteiger partial charge in [0.25, 0.3) is 0 Å². The molecule has 0 unspecified atom stereocenters. The van der Waals surface area contributed by atoms with E-state index in [0.717, 1.165) is 16.8 Å². The zero-order chi connectivity index (χ0) is 13.9. The van der Waals surface area contributed by atoms with E-state index in [0.29, 0.717) is 11.3 Å². The fraction of sp³-hybridized carbons (Fsp3) is 0. The van der Waals surface area contributed by atoms with E-state index in [1.165, 1.54) is 5.39 Å². The van der Waals surface area contributed by atoms with Gasteiger partial charge in [0.2, 0.25) is 0 Å². The summed E-state index contributed by atoms with van der Waals surface area (Å²) in [6.45, 7) is 0. The van der Waals surface area contributed by atoms with E-state index in [1.54, 1.807) is 12.1 Å². The Morgan fingerprint density at radius 1 is 0.950 bits per heavy atom. The van der Waals surface area contributed by atoms with Crippen molar-refractivity contribution < 1.29 is 0 Å². The van der Waals surface area contributed by atoms with Crippen molar-refractivity contribution in [1.29, 1.82) is 5.26 Å². The zero-order valence-electron chi connectivity index (χ0n) is 10.8. The second-order valence-electron chi connectivity index (χ2n) is 4.57. The Morgan fingerprint density at radius 3 is 2.55 bits per heavy atom. The first-order valence-corrected chi connectivity index (χ1v) is 6.32. The van der Waals surface area contributed by atoms with Gasteiger partial charge in [-0.1, -0.05) is 36.4 Å². The van der Waals surface area contributed by atoms with Crippen molar-refractivity contribution >= 4 is 27.8 Å². The molecule has 0 fully saturated rings. The molecule has 0 saturated carbocycles. The largest absolute Gasteiger partial charge is 0.398 e. The minimum atomic E-state index is 0.484. The monoisotopic (exact) mass is 259 g/mol. The van der Waals surface area contributed by atoms with E-state index in [4.69, 9.17) is 11.0 Å². The molecule has 0 aromatic heterocycles. The summed E-state index contributed by atoms with van der Waals surface area (Å²) in [5.74, 6) is 0. The van der Waals surface area contributed by atoms with Gasteiger partial charge < -0.3 is 11.1 Å². The highest BCUT2D eigenvalue weighted by molar-refractivity contribution is 5.95. The van der Waals surface area contributed by atoms with Crippen LogP contribution in [0.15, 0.2) is 60.7 Å². The number of nitrogens with zero attached hydrogens (tertiary/aromatic N) is 1. The smallest absolute Gasteiger partial charge is 0.101 e. The van der Waals surface area contributed by atoms with Crippen LogP contribution in [0.3, 0.4) is 0 Å². The summed E-state index contributed by atoms with van der Waals surface area (Å²) < 4.78 is 0. The van der Waals surface area contributed by atoms with Crippen molar-refractivity contribution in [1.82, 2.24) is 0 Å². The molecule has 0 aliphatic heterocycles. The molecular formula is C17H13N3. The molecule has 20 heavy (non-hydrogen) atoms. The molecule has 96 valence electrons. The van der Waals surface area contributed by atoms with Crippen LogP contribution in [0.25, 0.3) is 10.8 Å². The molecule has 0 atom stereocenters. The van der Waals surface area contributed by atoms with Gasteiger partial charge in [-0.25, -0.2) is 0 Å². The van der Waals surface area contributed by atoms with Gasteiger partial charge in [0.15, 0.2) is 0 Å². The van der Waals surface area contributed by atoms with Gasteiger partial charge in [-0.05, 0) is 29.7 Å². The van der Waals surface area contributed by atoms with Gasteiger partial charge in [-0.15, -0.1) is 0 Å². The molecule has 3 N–H and O–H groups in total. The number of nitrogen functional groups attached to an aromatic ring is 1. The maximum absolute atomic E-state index is 8.89. The van der Waals surface area contributed by atoms with Gasteiger partial charge in [0.05, 0.1) is 11.3 Å². The zero-order valence-corrected chi connectivity index (χ0v) is 10.8. The highest BCUT2D eigenvalue weighted by Gasteiger charge is 2.03. The standard InChI is InChI=1S/C17H13N3/c18-11-13-8-9-14(10-16(13)19)20-17-7-3-5-12-4-1-2-6-15(12)17/h1-10,20H,19H2. The second kappa shape index (κ2) is 4.94. The first kappa shape index (κ1) is 12.1. The van der Waals surface area contributed by atoms with E-state index < -0.39 is 0 Å². The minimum absolute atomic E-state index is 0.484. The number of hydrogen-bond acceptors (Lipinski definition) is 3. The molecule has 3 aromatic carbocycles. The molecule has 0 aliphatic rings. The number of nitrogens with one attached hydrogen (secondary N) is 1. The third-order valence-corrected chi connectivity index (χ3v) is 3.24. The Bertz CT molecular complexity index is 811. The minimum Gasteiger partial charge on any atom is -0.398 e. The first-order valence-electron chi connectivity index (χ1n) is 6.32. The number of anilines is 3. The predicted octanol–water partition coefficient (Wildman–Crippen LogP) is 4.04. The maximum atomic E-state index is 8.89. The first-order chi connectivity index (χ1) is 9.78. The summed E-state index contributed by atoms with van der Waals surface area (Å²) in [5.41, 5.74) is 8.71. The third kappa shape index (κ3) is 2.15. The second-order valence-corrected chi connectivity index (χ2v) is 4.57. The van der Waals surface area contributed by atoms with Crippen molar-refractivity contribution in [2.45, 2.75) is 0 Å². The number of nitriles is 1. The number of rotatable bonds is 2. The van der Waals surface area contributed by atoms with Crippen LogP contribution in [0.5, 0.6) is 0 Å². The van der Waals surface area contributed by atoms with Crippen molar-refractivity contribution in [2.75, 3.05) is 11.1 Å². The molecule has 3 heteroatoms. The lowest BCUT2D eigenvalue weighted by molar-refractivity contribution is 1.48.